The summed E-state index contributed by atoms with van der Waals surface area (Å²) in [6.07, 6.45) is 6.20. The maximum Gasteiger partial charge on any atom is 0.342 e. The molecule has 8 nitrogen and oxygen atoms in total. The number of aromatic nitrogens is 3. The van der Waals surface area contributed by atoms with E-state index in [2.05, 4.69) is 41.7 Å². The molecule has 1 aliphatic rings. The first-order valence-corrected chi connectivity index (χ1v) is 7.97. The van der Waals surface area contributed by atoms with E-state index in [1.165, 1.54) is 13.4 Å². The highest BCUT2D eigenvalue weighted by atomic mass is 79.9. The zero-order valence-electron chi connectivity index (χ0n) is 12.8. The van der Waals surface area contributed by atoms with Gasteiger partial charge >= 0.3 is 5.97 Å². The molecule has 2 aromatic rings. The minimum Gasteiger partial charge on any atom is -0.383 e. The summed E-state index contributed by atoms with van der Waals surface area (Å²) in [5.41, 5.74) is 6.90. The average Bonchev–Trinajstić information content (AvgIpc) is 3.09. The molecule has 0 bridgehead atoms. The van der Waals surface area contributed by atoms with E-state index in [0.717, 1.165) is 0 Å². The summed E-state index contributed by atoms with van der Waals surface area (Å²) in [5.74, 6) is -0.140. The monoisotopic (exact) mass is 391 g/mol. The van der Waals surface area contributed by atoms with Crippen molar-refractivity contribution in [2.75, 3.05) is 12.8 Å². The lowest BCUT2D eigenvalue weighted by molar-refractivity contribution is -0.255. The second-order valence-electron chi connectivity index (χ2n) is 5.38. The molecular weight excluding hydrogens is 378 g/mol. The fourth-order valence-electron chi connectivity index (χ4n) is 2.97. The second kappa shape index (κ2) is 6.59. The van der Waals surface area contributed by atoms with Gasteiger partial charge in [0.25, 0.3) is 0 Å². The van der Waals surface area contributed by atoms with Crippen LogP contribution in [0.5, 0.6) is 0 Å². The molecule has 0 saturated carbocycles. The Morgan fingerprint density at radius 2 is 2.33 bits per heavy atom. The van der Waals surface area contributed by atoms with Crippen LogP contribution in [0.4, 0.5) is 5.82 Å². The minimum absolute atomic E-state index is 0.0201. The third-order valence-electron chi connectivity index (χ3n) is 3.95. The summed E-state index contributed by atoms with van der Waals surface area (Å²) in [5, 5.41) is 9.96. The van der Waals surface area contributed by atoms with Crippen molar-refractivity contribution in [1.82, 2.24) is 14.5 Å². The van der Waals surface area contributed by atoms with Crippen LogP contribution in [-0.2, 0) is 14.6 Å². The molecule has 2 aromatic heterocycles. The zero-order chi connectivity index (χ0) is 17.3. The number of carbonyl (C=O) groups is 1. The van der Waals surface area contributed by atoms with Crippen LogP contribution in [0, 0.1) is 17.2 Å². The molecule has 2 atom stereocenters. The van der Waals surface area contributed by atoms with Gasteiger partial charge in [0.2, 0.25) is 0 Å². The van der Waals surface area contributed by atoms with Crippen molar-refractivity contribution in [2.45, 2.75) is 18.9 Å². The van der Waals surface area contributed by atoms with E-state index >= 15 is 0 Å². The van der Waals surface area contributed by atoms with Crippen molar-refractivity contribution < 1.29 is 14.6 Å². The van der Waals surface area contributed by atoms with E-state index in [1.54, 1.807) is 0 Å². The molecule has 2 unspecified atom stereocenters. The highest BCUT2D eigenvalue weighted by molar-refractivity contribution is 9.10. The maximum atomic E-state index is 11.5. The number of rotatable bonds is 4. The van der Waals surface area contributed by atoms with Gasteiger partial charge in [0, 0.05) is 0 Å². The second-order valence-corrected chi connectivity index (χ2v) is 6.13. The van der Waals surface area contributed by atoms with Gasteiger partial charge in [-0.3, -0.25) is 4.89 Å². The molecule has 124 valence electrons. The normalized spacial score (nSPS) is 19.5. The highest BCUT2D eigenvalue weighted by Gasteiger charge is 2.28. The van der Waals surface area contributed by atoms with Gasteiger partial charge in [-0.2, -0.15) is 10.1 Å². The number of halogens is 1. The molecule has 0 radical (unpaired) electrons. The number of nitrogen functional groups attached to an aromatic ring is 1. The smallest absolute Gasteiger partial charge is 0.342 e. The number of nitriles is 1. The van der Waals surface area contributed by atoms with Gasteiger partial charge < -0.3 is 10.3 Å². The molecule has 3 rings (SSSR count). The summed E-state index contributed by atoms with van der Waals surface area (Å²) in [7, 11) is 1.29. The van der Waals surface area contributed by atoms with Crippen molar-refractivity contribution in [3.05, 3.63) is 28.6 Å². The molecule has 1 aliphatic carbocycles. The SMILES string of the molecule is COOC(=O)CC1C=CC(n2c(Br)c(C#N)c3c(N)ncnc32)C1. The number of hydrogen-bond acceptors (Lipinski definition) is 7. The Hall–Kier alpha value is -2.44. The summed E-state index contributed by atoms with van der Waals surface area (Å²) in [6.45, 7) is 0. The van der Waals surface area contributed by atoms with Gasteiger partial charge in [-0.25, -0.2) is 14.8 Å². The number of allylic oxidation sites excluding steroid dienone is 2. The summed E-state index contributed by atoms with van der Waals surface area (Å²) >= 11 is 3.47. The third kappa shape index (κ3) is 2.74. The summed E-state index contributed by atoms with van der Waals surface area (Å²) < 4.78 is 2.49. The van der Waals surface area contributed by atoms with Gasteiger partial charge in [0.15, 0.2) is 0 Å². The molecule has 0 fully saturated rings. The quantitative estimate of drug-likeness (QED) is 0.482. The molecule has 2 N–H and O–H groups in total. The first-order valence-electron chi connectivity index (χ1n) is 7.18. The average molecular weight is 392 g/mol. The Morgan fingerprint density at radius 3 is 3.04 bits per heavy atom. The van der Waals surface area contributed by atoms with E-state index in [4.69, 9.17) is 5.73 Å². The number of hydrogen-bond donors (Lipinski definition) is 1. The predicted octanol–water partition coefficient (Wildman–Crippen LogP) is 2.26. The van der Waals surface area contributed by atoms with Crippen molar-refractivity contribution in [2.24, 2.45) is 5.92 Å². The molecule has 2 heterocycles. The van der Waals surface area contributed by atoms with E-state index in [9.17, 15) is 10.1 Å². The first kappa shape index (κ1) is 16.4. The van der Waals surface area contributed by atoms with E-state index < -0.39 is 5.97 Å². The molecule has 0 aromatic carbocycles. The molecule has 0 amide bonds. The lowest BCUT2D eigenvalue weighted by Crippen LogP contribution is -2.11. The zero-order valence-corrected chi connectivity index (χ0v) is 14.4. The molecule has 0 spiro atoms. The number of nitrogens with two attached hydrogens (primary N) is 1. The fourth-order valence-corrected chi connectivity index (χ4v) is 3.69. The number of nitrogens with zero attached hydrogens (tertiary/aromatic N) is 4. The van der Waals surface area contributed by atoms with Crippen molar-refractivity contribution >= 4 is 38.8 Å². The van der Waals surface area contributed by atoms with Crippen molar-refractivity contribution in [3.8, 4) is 6.07 Å². The number of anilines is 1. The van der Waals surface area contributed by atoms with E-state index in [-0.39, 0.29) is 24.2 Å². The minimum atomic E-state index is -0.423. The van der Waals surface area contributed by atoms with Crippen molar-refractivity contribution in [3.63, 3.8) is 0 Å². The lowest BCUT2D eigenvalue weighted by atomic mass is 10.0. The largest absolute Gasteiger partial charge is 0.383 e. The molecule has 0 aliphatic heterocycles. The topological polar surface area (TPSA) is 116 Å². The van der Waals surface area contributed by atoms with Crippen LogP contribution in [0.1, 0.15) is 24.4 Å². The van der Waals surface area contributed by atoms with E-state index in [1.807, 2.05) is 16.7 Å². The Bertz CT molecular complexity index is 870. The predicted molar refractivity (Wildman–Crippen MR) is 88.4 cm³/mol. The highest BCUT2D eigenvalue weighted by Crippen LogP contribution is 2.39. The number of carbonyl (C=O) groups excluding carboxylic acids is 1. The Morgan fingerprint density at radius 1 is 1.54 bits per heavy atom. The van der Waals surface area contributed by atoms with Crippen LogP contribution in [0.15, 0.2) is 23.1 Å². The van der Waals surface area contributed by atoms with Crippen molar-refractivity contribution in [1.29, 1.82) is 5.26 Å². The van der Waals surface area contributed by atoms with Crippen LogP contribution in [0.3, 0.4) is 0 Å². The molecule has 0 saturated heterocycles. The third-order valence-corrected chi connectivity index (χ3v) is 4.73. The van der Waals surface area contributed by atoms with E-state index in [0.29, 0.717) is 27.6 Å². The summed E-state index contributed by atoms with van der Waals surface area (Å²) in [6, 6.07) is 2.08. The Balaban J connectivity index is 1.93. The number of fused-ring (bicyclic) bond motifs is 1. The summed E-state index contributed by atoms with van der Waals surface area (Å²) in [4.78, 5) is 28.7. The van der Waals surface area contributed by atoms with Crippen LogP contribution in [0.25, 0.3) is 11.0 Å². The Kier molecular flexibility index (Phi) is 4.51. The van der Waals surface area contributed by atoms with Gasteiger partial charge in [-0.15, -0.1) is 0 Å². The van der Waals surface area contributed by atoms with Gasteiger partial charge in [-0.1, -0.05) is 12.2 Å². The fraction of sp³-hybridized carbons (Fsp3) is 0.333. The molecule has 24 heavy (non-hydrogen) atoms. The molecular formula is C15H14BrN5O3. The Labute approximate surface area is 145 Å². The standard InChI is InChI=1S/C15H14BrN5O3/c1-23-24-11(22)5-8-2-3-9(4-8)21-13(16)10(6-17)12-14(18)19-7-20-15(12)21/h2-3,7-9H,4-5H2,1H3,(H2,18,19,20). The lowest BCUT2D eigenvalue weighted by Gasteiger charge is -2.15. The van der Waals surface area contributed by atoms with Gasteiger partial charge in [0.1, 0.15) is 28.5 Å². The van der Waals surface area contributed by atoms with Gasteiger partial charge in [-0.05, 0) is 28.3 Å². The van der Waals surface area contributed by atoms with Crippen LogP contribution < -0.4 is 5.73 Å². The van der Waals surface area contributed by atoms with Crippen LogP contribution in [-0.4, -0.2) is 27.6 Å². The maximum absolute atomic E-state index is 11.5. The van der Waals surface area contributed by atoms with Crippen LogP contribution >= 0.6 is 15.9 Å². The van der Waals surface area contributed by atoms with Gasteiger partial charge in [0.05, 0.1) is 30.5 Å². The molecule has 9 heteroatoms. The first-order chi connectivity index (χ1) is 11.6. The van der Waals surface area contributed by atoms with Crippen LogP contribution in [0.2, 0.25) is 0 Å².